The molecule has 162 valence electrons. The standard InChI is InChI=1S/C22H26N6O3/c1-30-20-7-8-21(31-2)18(14-20)15-26-9-11-27(12-10-26)22(29)13-17-3-5-19(6-4-17)28-16-23-24-25-28/h3-8,14,16H,9-13,15H2,1-2H3. The first-order valence-electron chi connectivity index (χ1n) is 10.2. The van der Waals surface area contributed by atoms with Crippen molar-refractivity contribution in [2.75, 3.05) is 40.4 Å². The van der Waals surface area contributed by atoms with Crippen LogP contribution in [0, 0.1) is 0 Å². The molecule has 2 aromatic carbocycles. The van der Waals surface area contributed by atoms with Gasteiger partial charge in [-0.05, 0) is 46.3 Å². The molecule has 1 aliphatic rings. The Morgan fingerprint density at radius 3 is 2.42 bits per heavy atom. The number of ether oxygens (including phenoxy) is 2. The van der Waals surface area contributed by atoms with Gasteiger partial charge in [0.15, 0.2) is 0 Å². The number of rotatable bonds is 7. The Bertz CT molecular complexity index is 999. The lowest BCUT2D eigenvalue weighted by molar-refractivity contribution is -0.132. The van der Waals surface area contributed by atoms with Crippen LogP contribution in [0.25, 0.3) is 5.69 Å². The minimum atomic E-state index is 0.147. The van der Waals surface area contributed by atoms with Gasteiger partial charge in [0.2, 0.25) is 5.91 Å². The normalized spacial score (nSPS) is 14.5. The number of piperazine rings is 1. The van der Waals surface area contributed by atoms with E-state index < -0.39 is 0 Å². The maximum atomic E-state index is 12.8. The third-order valence-corrected chi connectivity index (χ3v) is 5.51. The minimum absolute atomic E-state index is 0.147. The fraction of sp³-hybridized carbons (Fsp3) is 0.364. The van der Waals surface area contributed by atoms with Gasteiger partial charge in [-0.25, -0.2) is 4.68 Å². The van der Waals surface area contributed by atoms with Gasteiger partial charge in [-0.3, -0.25) is 9.69 Å². The molecule has 1 saturated heterocycles. The van der Waals surface area contributed by atoms with Crippen molar-refractivity contribution in [3.05, 3.63) is 59.9 Å². The van der Waals surface area contributed by atoms with Gasteiger partial charge in [-0.2, -0.15) is 0 Å². The highest BCUT2D eigenvalue weighted by atomic mass is 16.5. The van der Waals surface area contributed by atoms with Crippen molar-refractivity contribution in [3.63, 3.8) is 0 Å². The van der Waals surface area contributed by atoms with Crippen LogP contribution in [0.15, 0.2) is 48.8 Å². The zero-order valence-electron chi connectivity index (χ0n) is 17.8. The van der Waals surface area contributed by atoms with Crippen LogP contribution in [0.4, 0.5) is 0 Å². The van der Waals surface area contributed by atoms with E-state index in [1.807, 2.05) is 47.4 Å². The lowest BCUT2D eigenvalue weighted by Gasteiger charge is -2.35. The number of carbonyl (C=O) groups is 1. The van der Waals surface area contributed by atoms with Crippen LogP contribution in [-0.2, 0) is 17.8 Å². The number of amides is 1. The Morgan fingerprint density at radius 1 is 1.00 bits per heavy atom. The van der Waals surface area contributed by atoms with Gasteiger partial charge in [0.05, 0.1) is 26.3 Å². The predicted octanol–water partition coefficient (Wildman–Crippen LogP) is 1.57. The van der Waals surface area contributed by atoms with Gasteiger partial charge >= 0.3 is 0 Å². The van der Waals surface area contributed by atoms with Crippen LogP contribution >= 0.6 is 0 Å². The second-order valence-corrected chi connectivity index (χ2v) is 7.43. The van der Waals surface area contributed by atoms with E-state index in [1.165, 1.54) is 0 Å². The van der Waals surface area contributed by atoms with Crippen LogP contribution in [-0.4, -0.2) is 76.3 Å². The SMILES string of the molecule is COc1ccc(OC)c(CN2CCN(C(=O)Cc3ccc(-n4cnnn4)cc3)CC2)c1. The third-order valence-electron chi connectivity index (χ3n) is 5.51. The van der Waals surface area contributed by atoms with Gasteiger partial charge < -0.3 is 14.4 Å². The van der Waals surface area contributed by atoms with Gasteiger partial charge in [-0.1, -0.05) is 12.1 Å². The molecule has 4 rings (SSSR count). The molecule has 3 aromatic rings. The first-order chi connectivity index (χ1) is 15.2. The van der Waals surface area contributed by atoms with E-state index >= 15 is 0 Å². The Balaban J connectivity index is 1.30. The van der Waals surface area contributed by atoms with Crippen molar-refractivity contribution in [3.8, 4) is 17.2 Å². The Hall–Kier alpha value is -3.46. The van der Waals surface area contributed by atoms with E-state index in [2.05, 4.69) is 20.4 Å². The van der Waals surface area contributed by atoms with Crippen molar-refractivity contribution in [1.82, 2.24) is 30.0 Å². The second kappa shape index (κ2) is 9.57. The summed E-state index contributed by atoms with van der Waals surface area (Å²) in [7, 11) is 3.34. The molecule has 31 heavy (non-hydrogen) atoms. The van der Waals surface area contributed by atoms with Gasteiger partial charge in [0.1, 0.15) is 17.8 Å². The zero-order chi connectivity index (χ0) is 21.6. The second-order valence-electron chi connectivity index (χ2n) is 7.43. The first kappa shape index (κ1) is 20.8. The molecule has 0 unspecified atom stereocenters. The Labute approximate surface area is 181 Å². The minimum Gasteiger partial charge on any atom is -0.497 e. The molecule has 0 aliphatic carbocycles. The van der Waals surface area contributed by atoms with Crippen molar-refractivity contribution < 1.29 is 14.3 Å². The summed E-state index contributed by atoms with van der Waals surface area (Å²) in [6.07, 6.45) is 1.93. The van der Waals surface area contributed by atoms with E-state index in [0.717, 1.165) is 47.9 Å². The van der Waals surface area contributed by atoms with Crippen LogP contribution in [0.2, 0.25) is 0 Å². The summed E-state index contributed by atoms with van der Waals surface area (Å²) in [4.78, 5) is 17.0. The van der Waals surface area contributed by atoms with Crippen LogP contribution in [0.5, 0.6) is 11.5 Å². The average Bonchev–Trinajstić information content (AvgIpc) is 3.35. The highest BCUT2D eigenvalue weighted by Gasteiger charge is 2.22. The highest BCUT2D eigenvalue weighted by molar-refractivity contribution is 5.79. The summed E-state index contributed by atoms with van der Waals surface area (Å²) in [5.74, 6) is 1.81. The number of tetrazole rings is 1. The largest absolute Gasteiger partial charge is 0.497 e. The molecule has 1 amide bonds. The quantitative estimate of drug-likeness (QED) is 0.571. The predicted molar refractivity (Wildman–Crippen MR) is 114 cm³/mol. The van der Waals surface area contributed by atoms with Gasteiger partial charge in [-0.15, -0.1) is 5.10 Å². The summed E-state index contributed by atoms with van der Waals surface area (Å²) in [6.45, 7) is 3.84. The number of hydrogen-bond acceptors (Lipinski definition) is 7. The molecule has 0 N–H and O–H groups in total. The molecule has 1 aromatic heterocycles. The topological polar surface area (TPSA) is 85.6 Å². The summed E-state index contributed by atoms with van der Waals surface area (Å²) in [5.41, 5.74) is 2.93. The summed E-state index contributed by atoms with van der Waals surface area (Å²) in [6, 6.07) is 13.6. The van der Waals surface area contributed by atoms with E-state index in [9.17, 15) is 4.79 Å². The zero-order valence-corrected chi connectivity index (χ0v) is 17.8. The smallest absolute Gasteiger partial charge is 0.227 e. The fourth-order valence-corrected chi connectivity index (χ4v) is 3.73. The van der Waals surface area contributed by atoms with E-state index in [0.29, 0.717) is 19.5 Å². The van der Waals surface area contributed by atoms with Crippen LogP contribution in [0.3, 0.4) is 0 Å². The molecule has 2 heterocycles. The van der Waals surface area contributed by atoms with E-state index in [1.54, 1.807) is 25.2 Å². The molecule has 1 fully saturated rings. The molecule has 0 atom stereocenters. The Kier molecular flexibility index (Phi) is 6.42. The fourth-order valence-electron chi connectivity index (χ4n) is 3.73. The van der Waals surface area contributed by atoms with Gasteiger partial charge in [0.25, 0.3) is 0 Å². The number of carbonyl (C=O) groups excluding carboxylic acids is 1. The maximum Gasteiger partial charge on any atom is 0.227 e. The first-order valence-corrected chi connectivity index (χ1v) is 10.2. The van der Waals surface area contributed by atoms with Crippen molar-refractivity contribution in [2.24, 2.45) is 0 Å². The lowest BCUT2D eigenvalue weighted by atomic mass is 10.1. The average molecular weight is 422 g/mol. The number of nitrogens with zero attached hydrogens (tertiary/aromatic N) is 6. The number of hydrogen-bond donors (Lipinski definition) is 0. The molecular weight excluding hydrogens is 396 g/mol. The molecule has 1 aliphatic heterocycles. The van der Waals surface area contributed by atoms with E-state index in [4.69, 9.17) is 9.47 Å². The lowest BCUT2D eigenvalue weighted by Crippen LogP contribution is -2.48. The van der Waals surface area contributed by atoms with E-state index in [-0.39, 0.29) is 5.91 Å². The van der Waals surface area contributed by atoms with Crippen molar-refractivity contribution >= 4 is 5.91 Å². The summed E-state index contributed by atoms with van der Waals surface area (Å²) < 4.78 is 12.4. The number of methoxy groups -OCH3 is 2. The Morgan fingerprint density at radius 2 is 1.77 bits per heavy atom. The van der Waals surface area contributed by atoms with Crippen molar-refractivity contribution in [1.29, 1.82) is 0 Å². The molecule has 0 spiro atoms. The summed E-state index contributed by atoms with van der Waals surface area (Å²) in [5, 5.41) is 11.1. The molecule has 0 saturated carbocycles. The highest BCUT2D eigenvalue weighted by Crippen LogP contribution is 2.25. The van der Waals surface area contributed by atoms with Gasteiger partial charge in [0, 0.05) is 38.3 Å². The van der Waals surface area contributed by atoms with Crippen LogP contribution in [0.1, 0.15) is 11.1 Å². The number of benzene rings is 2. The molecule has 0 radical (unpaired) electrons. The van der Waals surface area contributed by atoms with Crippen LogP contribution < -0.4 is 9.47 Å². The maximum absolute atomic E-state index is 12.8. The molecule has 9 nitrogen and oxygen atoms in total. The van der Waals surface area contributed by atoms with Crippen molar-refractivity contribution in [2.45, 2.75) is 13.0 Å². The summed E-state index contributed by atoms with van der Waals surface area (Å²) >= 11 is 0. The molecule has 9 heteroatoms. The number of aromatic nitrogens is 4. The monoisotopic (exact) mass is 422 g/mol. The molecular formula is C22H26N6O3. The molecule has 0 bridgehead atoms. The third kappa shape index (κ3) is 5.00.